The molecule has 0 spiro atoms. The van der Waals surface area contributed by atoms with Crippen LogP contribution in [0.3, 0.4) is 0 Å². The van der Waals surface area contributed by atoms with Crippen LogP contribution in [0.1, 0.15) is 5.56 Å². The Hall–Kier alpha value is -2.44. The van der Waals surface area contributed by atoms with Crippen LogP contribution in [0.15, 0.2) is 66.2 Å². The van der Waals surface area contributed by atoms with Crippen LogP contribution in [0.4, 0.5) is 0 Å². The average molecular weight is 354 g/mol. The summed E-state index contributed by atoms with van der Waals surface area (Å²) in [6.07, 6.45) is 5.09. The standard InChI is InChI=1S/C17H12ClN5S/c18-15-8-12(6-7-19-15)10-24-17-14-9-22-23(16(14)20-11-21-17)13-4-2-1-3-5-13/h1-9,11H,10H2. The quantitative estimate of drug-likeness (QED) is 0.313. The van der Waals surface area contributed by atoms with Crippen molar-refractivity contribution in [2.45, 2.75) is 10.8 Å². The summed E-state index contributed by atoms with van der Waals surface area (Å²) in [6.45, 7) is 0. The van der Waals surface area contributed by atoms with Crippen molar-refractivity contribution in [3.8, 4) is 5.69 Å². The first kappa shape index (κ1) is 15.1. The molecule has 0 amide bonds. The molecule has 0 radical (unpaired) electrons. The van der Waals surface area contributed by atoms with Gasteiger partial charge in [0.25, 0.3) is 0 Å². The van der Waals surface area contributed by atoms with Gasteiger partial charge in [-0.3, -0.25) is 0 Å². The van der Waals surface area contributed by atoms with Gasteiger partial charge < -0.3 is 0 Å². The second kappa shape index (κ2) is 6.59. The third-order valence-electron chi connectivity index (χ3n) is 3.50. The van der Waals surface area contributed by atoms with E-state index in [0.717, 1.165) is 33.1 Å². The van der Waals surface area contributed by atoms with Crippen molar-refractivity contribution < 1.29 is 0 Å². The van der Waals surface area contributed by atoms with Gasteiger partial charge in [-0.15, -0.1) is 11.8 Å². The minimum atomic E-state index is 0.498. The van der Waals surface area contributed by atoms with Gasteiger partial charge in [-0.25, -0.2) is 19.6 Å². The van der Waals surface area contributed by atoms with Crippen LogP contribution in [-0.2, 0) is 5.75 Å². The summed E-state index contributed by atoms with van der Waals surface area (Å²) >= 11 is 7.56. The fourth-order valence-corrected chi connectivity index (χ4v) is 3.48. The summed E-state index contributed by atoms with van der Waals surface area (Å²) in [5, 5.41) is 6.80. The molecule has 0 aliphatic carbocycles. The molecule has 0 N–H and O–H groups in total. The van der Waals surface area contributed by atoms with Gasteiger partial charge in [0.05, 0.1) is 17.3 Å². The molecule has 4 aromatic rings. The number of para-hydroxylation sites is 1. The summed E-state index contributed by atoms with van der Waals surface area (Å²) in [5.41, 5.74) is 2.87. The van der Waals surface area contributed by atoms with Gasteiger partial charge in [0.1, 0.15) is 16.5 Å². The van der Waals surface area contributed by atoms with E-state index in [1.807, 2.05) is 53.3 Å². The molecule has 3 heterocycles. The Kier molecular flexibility index (Phi) is 4.15. The largest absolute Gasteiger partial charge is 0.245 e. The Balaban J connectivity index is 1.66. The SMILES string of the molecule is Clc1cc(CSc2ncnc3c2cnn3-c2ccccc2)ccn1. The lowest BCUT2D eigenvalue weighted by molar-refractivity contribution is 0.893. The van der Waals surface area contributed by atoms with E-state index in [1.54, 1.807) is 24.3 Å². The van der Waals surface area contributed by atoms with Crippen molar-refractivity contribution in [1.82, 2.24) is 24.7 Å². The molecule has 7 heteroatoms. The van der Waals surface area contributed by atoms with E-state index in [4.69, 9.17) is 11.6 Å². The van der Waals surface area contributed by atoms with Gasteiger partial charge in [-0.1, -0.05) is 29.8 Å². The zero-order valence-corrected chi connectivity index (χ0v) is 14.1. The number of halogens is 1. The summed E-state index contributed by atoms with van der Waals surface area (Å²) in [5.74, 6) is 0.755. The van der Waals surface area contributed by atoms with E-state index in [-0.39, 0.29) is 0 Å². The molecule has 0 aliphatic rings. The fourth-order valence-electron chi connectivity index (χ4n) is 2.38. The molecule has 0 fully saturated rings. The predicted molar refractivity (Wildman–Crippen MR) is 95.5 cm³/mol. The molecule has 24 heavy (non-hydrogen) atoms. The average Bonchev–Trinajstić information content (AvgIpc) is 3.05. The number of nitrogens with zero attached hydrogens (tertiary/aromatic N) is 5. The molecule has 0 aliphatic heterocycles. The van der Waals surface area contributed by atoms with Crippen LogP contribution in [0.25, 0.3) is 16.7 Å². The molecule has 0 bridgehead atoms. The lowest BCUT2D eigenvalue weighted by Crippen LogP contribution is -1.97. The highest BCUT2D eigenvalue weighted by Gasteiger charge is 2.11. The van der Waals surface area contributed by atoms with Crippen molar-refractivity contribution in [2.24, 2.45) is 0 Å². The van der Waals surface area contributed by atoms with Gasteiger partial charge in [0.2, 0.25) is 0 Å². The molecule has 4 rings (SSSR count). The van der Waals surface area contributed by atoms with E-state index < -0.39 is 0 Å². The molecule has 118 valence electrons. The van der Waals surface area contributed by atoms with Crippen LogP contribution in [0.5, 0.6) is 0 Å². The topological polar surface area (TPSA) is 56.5 Å². The highest BCUT2D eigenvalue weighted by Crippen LogP contribution is 2.28. The Morgan fingerprint density at radius 2 is 1.92 bits per heavy atom. The number of pyridine rings is 1. The number of hydrogen-bond donors (Lipinski definition) is 0. The van der Waals surface area contributed by atoms with Gasteiger partial charge in [0, 0.05) is 11.9 Å². The Morgan fingerprint density at radius 1 is 1.04 bits per heavy atom. The van der Waals surface area contributed by atoms with Crippen LogP contribution in [0, 0.1) is 0 Å². The molecule has 0 atom stereocenters. The molecular formula is C17H12ClN5S. The summed E-state index contributed by atoms with van der Waals surface area (Å²) in [7, 11) is 0. The maximum atomic E-state index is 5.93. The molecule has 0 unspecified atom stereocenters. The number of aromatic nitrogens is 5. The monoisotopic (exact) mass is 353 g/mol. The van der Waals surface area contributed by atoms with E-state index in [2.05, 4.69) is 20.1 Å². The van der Waals surface area contributed by atoms with Crippen molar-refractivity contribution >= 4 is 34.4 Å². The van der Waals surface area contributed by atoms with Crippen molar-refractivity contribution in [1.29, 1.82) is 0 Å². The maximum Gasteiger partial charge on any atom is 0.167 e. The van der Waals surface area contributed by atoms with Crippen molar-refractivity contribution in [3.05, 3.63) is 71.9 Å². The third-order valence-corrected chi connectivity index (χ3v) is 4.78. The van der Waals surface area contributed by atoms with Gasteiger partial charge in [-0.05, 0) is 29.8 Å². The normalized spacial score (nSPS) is 11.0. The predicted octanol–water partition coefficient (Wildman–Crippen LogP) is 4.16. The molecule has 3 aromatic heterocycles. The number of benzene rings is 1. The number of thioether (sulfide) groups is 1. The van der Waals surface area contributed by atoms with Crippen molar-refractivity contribution in [3.63, 3.8) is 0 Å². The Labute approximate surface area is 147 Å². The van der Waals surface area contributed by atoms with E-state index in [9.17, 15) is 0 Å². The smallest absolute Gasteiger partial charge is 0.167 e. The van der Waals surface area contributed by atoms with Gasteiger partial charge in [0.15, 0.2) is 5.65 Å². The second-order valence-electron chi connectivity index (χ2n) is 5.08. The third kappa shape index (κ3) is 2.98. The van der Waals surface area contributed by atoms with Crippen LogP contribution < -0.4 is 0 Å². The molecule has 1 aromatic carbocycles. The first-order chi connectivity index (χ1) is 11.8. The molecule has 5 nitrogen and oxygen atoms in total. The maximum absolute atomic E-state index is 5.93. The Bertz CT molecular complexity index is 987. The first-order valence-electron chi connectivity index (χ1n) is 7.28. The van der Waals surface area contributed by atoms with E-state index in [0.29, 0.717) is 5.15 Å². The van der Waals surface area contributed by atoms with E-state index in [1.165, 1.54) is 0 Å². The number of fused-ring (bicyclic) bond motifs is 1. The van der Waals surface area contributed by atoms with E-state index >= 15 is 0 Å². The Morgan fingerprint density at radius 3 is 2.75 bits per heavy atom. The minimum Gasteiger partial charge on any atom is -0.245 e. The zero-order chi connectivity index (χ0) is 16.4. The van der Waals surface area contributed by atoms with Crippen LogP contribution >= 0.6 is 23.4 Å². The van der Waals surface area contributed by atoms with Gasteiger partial charge >= 0.3 is 0 Å². The first-order valence-corrected chi connectivity index (χ1v) is 8.65. The highest BCUT2D eigenvalue weighted by molar-refractivity contribution is 7.98. The lowest BCUT2D eigenvalue weighted by atomic mass is 10.3. The molecule has 0 saturated carbocycles. The number of rotatable bonds is 4. The number of hydrogen-bond acceptors (Lipinski definition) is 5. The van der Waals surface area contributed by atoms with Crippen molar-refractivity contribution in [2.75, 3.05) is 0 Å². The van der Waals surface area contributed by atoms with Crippen LogP contribution in [0.2, 0.25) is 5.15 Å². The zero-order valence-electron chi connectivity index (χ0n) is 12.5. The lowest BCUT2D eigenvalue weighted by Gasteiger charge is -2.04. The van der Waals surface area contributed by atoms with Gasteiger partial charge in [-0.2, -0.15) is 5.10 Å². The summed E-state index contributed by atoms with van der Waals surface area (Å²) in [6, 6.07) is 13.7. The highest BCUT2D eigenvalue weighted by atomic mass is 35.5. The molecule has 0 saturated heterocycles. The van der Waals surface area contributed by atoms with Crippen LogP contribution in [-0.4, -0.2) is 24.7 Å². The summed E-state index contributed by atoms with van der Waals surface area (Å²) < 4.78 is 1.82. The second-order valence-corrected chi connectivity index (χ2v) is 6.43. The minimum absolute atomic E-state index is 0.498. The fraction of sp³-hybridized carbons (Fsp3) is 0.0588. The summed E-state index contributed by atoms with van der Waals surface area (Å²) in [4.78, 5) is 12.8. The molecular weight excluding hydrogens is 342 g/mol.